The summed E-state index contributed by atoms with van der Waals surface area (Å²) >= 11 is 0. The van der Waals surface area contributed by atoms with E-state index in [1.807, 2.05) is 50.3 Å². The van der Waals surface area contributed by atoms with Crippen LogP contribution in [-0.2, 0) is 4.79 Å². The normalized spacial score (nSPS) is 14.6. The second kappa shape index (κ2) is 9.49. The van der Waals surface area contributed by atoms with E-state index in [0.717, 1.165) is 36.4 Å². The van der Waals surface area contributed by atoms with Gasteiger partial charge in [-0.1, -0.05) is 38.2 Å². The first-order valence-corrected chi connectivity index (χ1v) is 9.75. The molecule has 0 saturated heterocycles. The summed E-state index contributed by atoms with van der Waals surface area (Å²) in [5.74, 6) is 0.0123. The van der Waals surface area contributed by atoms with Crippen LogP contribution >= 0.6 is 0 Å². The van der Waals surface area contributed by atoms with Crippen LogP contribution in [0.1, 0.15) is 47.0 Å². The molecule has 0 heterocycles. The fourth-order valence-electron chi connectivity index (χ4n) is 2.59. The third kappa shape index (κ3) is 5.91. The minimum atomic E-state index is -0.829. The van der Waals surface area contributed by atoms with Crippen molar-refractivity contribution in [2.45, 2.75) is 47.0 Å². The summed E-state index contributed by atoms with van der Waals surface area (Å²) in [4.78, 5) is 11.4. The summed E-state index contributed by atoms with van der Waals surface area (Å²) in [7, 11) is 0. The average molecular weight is 385 g/mol. The number of carbonyl (C=O) groups is 1. The maximum atomic E-state index is 11.4. The minimum absolute atomic E-state index is 0.442. The first-order chi connectivity index (χ1) is 13.2. The number of aliphatic carboxylic acids is 1. The second-order valence-corrected chi connectivity index (χ2v) is 8.10. The lowest BCUT2D eigenvalue weighted by atomic mass is 9.68. The third-order valence-corrected chi connectivity index (χ3v) is 5.43. The zero-order valence-corrected chi connectivity index (χ0v) is 17.3. The largest absolute Gasteiger partial charge is 0.493 e. The number of carboxylic acids is 1. The number of allylic oxidation sites excluding steroid dienone is 4. The number of nitrogens with one attached hydrogen (secondary N) is 2. The predicted octanol–water partition coefficient (Wildman–Crippen LogP) is 5.30. The molecule has 1 aromatic rings. The fourth-order valence-corrected chi connectivity index (χ4v) is 2.59. The van der Waals surface area contributed by atoms with Crippen molar-refractivity contribution in [1.82, 2.24) is 5.43 Å². The molecule has 1 aliphatic carbocycles. The van der Waals surface area contributed by atoms with E-state index < -0.39 is 16.8 Å². The number of hydrogen-bond donors (Lipinski definition) is 3. The molecule has 152 valence electrons. The van der Waals surface area contributed by atoms with Crippen LogP contribution in [0.15, 0.2) is 60.3 Å². The van der Waals surface area contributed by atoms with Crippen molar-refractivity contribution < 1.29 is 14.6 Å². The van der Waals surface area contributed by atoms with Gasteiger partial charge in [0.2, 0.25) is 0 Å². The van der Waals surface area contributed by atoms with Gasteiger partial charge in [0, 0.05) is 5.70 Å². The highest BCUT2D eigenvalue weighted by molar-refractivity contribution is 5.75. The van der Waals surface area contributed by atoms with Crippen molar-refractivity contribution in [2.24, 2.45) is 10.8 Å². The molecule has 0 aliphatic heterocycles. The Hall–Kier alpha value is -2.69. The Morgan fingerprint density at radius 3 is 2.46 bits per heavy atom. The van der Waals surface area contributed by atoms with E-state index in [1.54, 1.807) is 13.8 Å². The molecule has 0 fully saturated rings. The third-order valence-electron chi connectivity index (χ3n) is 5.43. The standard InChI is InChI=1S/C23H32N2O3/c1-22(2,23(3,4)21(26)27)16-8-9-17-28-20-14-12-19(13-15-20)25-24-18-10-6-5-7-11-18/h6,8,10-16,24-25H,5,7,9,17H2,1-4H3,(H,26,27)/b16-8-. The topological polar surface area (TPSA) is 70.6 Å². The Morgan fingerprint density at radius 2 is 1.86 bits per heavy atom. The van der Waals surface area contributed by atoms with Crippen LogP contribution in [0.2, 0.25) is 0 Å². The van der Waals surface area contributed by atoms with E-state index in [0.29, 0.717) is 6.61 Å². The zero-order valence-electron chi connectivity index (χ0n) is 17.3. The van der Waals surface area contributed by atoms with E-state index in [2.05, 4.69) is 29.1 Å². The smallest absolute Gasteiger partial charge is 0.309 e. The Morgan fingerprint density at radius 1 is 1.14 bits per heavy atom. The molecule has 0 amide bonds. The summed E-state index contributed by atoms with van der Waals surface area (Å²) < 4.78 is 5.76. The molecule has 5 nitrogen and oxygen atoms in total. The molecule has 2 rings (SSSR count). The van der Waals surface area contributed by atoms with Crippen LogP contribution in [0.5, 0.6) is 5.75 Å². The van der Waals surface area contributed by atoms with Crippen LogP contribution in [0, 0.1) is 10.8 Å². The number of anilines is 1. The fraction of sp³-hybridized carbons (Fsp3) is 0.435. The van der Waals surface area contributed by atoms with Gasteiger partial charge in [-0.2, -0.15) is 0 Å². The Labute approximate surface area is 168 Å². The van der Waals surface area contributed by atoms with Gasteiger partial charge in [0.05, 0.1) is 17.7 Å². The van der Waals surface area contributed by atoms with Crippen LogP contribution in [0.4, 0.5) is 5.69 Å². The molecule has 3 N–H and O–H groups in total. The van der Waals surface area contributed by atoms with Crippen molar-refractivity contribution in [3.8, 4) is 5.75 Å². The number of benzene rings is 1. The van der Waals surface area contributed by atoms with Gasteiger partial charge < -0.3 is 20.7 Å². The highest BCUT2D eigenvalue weighted by Gasteiger charge is 2.41. The summed E-state index contributed by atoms with van der Waals surface area (Å²) in [6, 6.07) is 7.78. The van der Waals surface area contributed by atoms with Gasteiger partial charge in [0.15, 0.2) is 0 Å². The summed E-state index contributed by atoms with van der Waals surface area (Å²) in [5, 5.41) is 9.39. The van der Waals surface area contributed by atoms with Crippen molar-refractivity contribution in [3.63, 3.8) is 0 Å². The highest BCUT2D eigenvalue weighted by atomic mass is 16.5. The van der Waals surface area contributed by atoms with E-state index >= 15 is 0 Å². The van der Waals surface area contributed by atoms with Gasteiger partial charge in [-0.05, 0) is 68.9 Å². The Balaban J connectivity index is 1.75. The summed E-state index contributed by atoms with van der Waals surface area (Å²) in [6.45, 7) is 7.93. The number of ether oxygens (including phenoxy) is 1. The lowest BCUT2D eigenvalue weighted by molar-refractivity contribution is -0.151. The maximum Gasteiger partial charge on any atom is 0.309 e. The van der Waals surface area contributed by atoms with E-state index in [-0.39, 0.29) is 0 Å². The van der Waals surface area contributed by atoms with Crippen LogP contribution in [-0.4, -0.2) is 17.7 Å². The van der Waals surface area contributed by atoms with Gasteiger partial charge in [0.25, 0.3) is 0 Å². The predicted molar refractivity (Wildman–Crippen MR) is 114 cm³/mol. The molecule has 0 radical (unpaired) electrons. The molecule has 5 heteroatoms. The molecular formula is C23H32N2O3. The zero-order chi connectivity index (χ0) is 20.6. The van der Waals surface area contributed by atoms with Gasteiger partial charge >= 0.3 is 5.97 Å². The maximum absolute atomic E-state index is 11.4. The number of carboxylic acid groups (broad SMARTS) is 1. The molecule has 0 spiro atoms. The quantitative estimate of drug-likeness (QED) is 0.290. The molecular weight excluding hydrogens is 352 g/mol. The molecule has 0 bridgehead atoms. The van der Waals surface area contributed by atoms with Gasteiger partial charge in [-0.15, -0.1) is 0 Å². The second-order valence-electron chi connectivity index (χ2n) is 8.10. The summed E-state index contributed by atoms with van der Waals surface area (Å²) in [6.07, 6.45) is 13.2. The average Bonchev–Trinajstić information content (AvgIpc) is 2.67. The van der Waals surface area contributed by atoms with Crippen LogP contribution in [0.3, 0.4) is 0 Å². The first-order valence-electron chi connectivity index (χ1n) is 9.75. The molecule has 1 aromatic carbocycles. The number of hydrazine groups is 1. The highest BCUT2D eigenvalue weighted by Crippen LogP contribution is 2.39. The molecule has 0 saturated carbocycles. The molecule has 0 unspecified atom stereocenters. The molecule has 28 heavy (non-hydrogen) atoms. The molecule has 0 aromatic heterocycles. The Kier molecular flexibility index (Phi) is 7.32. The molecule has 0 atom stereocenters. The number of rotatable bonds is 10. The SMILES string of the molecule is CC(C)(/C=C\CCOc1ccc(NNC2=CCCC=C2)cc1)C(C)(C)C(=O)O. The lowest BCUT2D eigenvalue weighted by Gasteiger charge is -2.35. The van der Waals surface area contributed by atoms with Crippen LogP contribution < -0.4 is 15.6 Å². The Bertz CT molecular complexity index is 744. The first kappa shape index (κ1) is 21.6. The van der Waals surface area contributed by atoms with E-state index in [4.69, 9.17) is 4.74 Å². The van der Waals surface area contributed by atoms with Crippen molar-refractivity contribution in [3.05, 3.63) is 60.3 Å². The number of hydrogen-bond acceptors (Lipinski definition) is 4. The lowest BCUT2D eigenvalue weighted by Crippen LogP contribution is -2.38. The van der Waals surface area contributed by atoms with Gasteiger partial charge in [0.1, 0.15) is 5.75 Å². The van der Waals surface area contributed by atoms with Crippen molar-refractivity contribution in [1.29, 1.82) is 0 Å². The minimum Gasteiger partial charge on any atom is -0.493 e. The molecule has 1 aliphatic rings. The van der Waals surface area contributed by atoms with Gasteiger partial charge in [-0.25, -0.2) is 0 Å². The monoisotopic (exact) mass is 384 g/mol. The van der Waals surface area contributed by atoms with Crippen LogP contribution in [0.25, 0.3) is 0 Å². The van der Waals surface area contributed by atoms with Crippen molar-refractivity contribution in [2.75, 3.05) is 12.0 Å². The van der Waals surface area contributed by atoms with E-state index in [1.165, 1.54) is 0 Å². The summed E-state index contributed by atoms with van der Waals surface area (Å²) in [5.41, 5.74) is 7.13. The van der Waals surface area contributed by atoms with Gasteiger partial charge in [-0.3, -0.25) is 4.79 Å². The van der Waals surface area contributed by atoms with E-state index in [9.17, 15) is 9.90 Å². The van der Waals surface area contributed by atoms with Crippen molar-refractivity contribution >= 4 is 11.7 Å².